The first kappa shape index (κ1) is 14.9. The predicted octanol–water partition coefficient (Wildman–Crippen LogP) is 1.59. The quantitative estimate of drug-likeness (QED) is 0.729. The third kappa shape index (κ3) is 3.26. The highest BCUT2D eigenvalue weighted by Crippen LogP contribution is 2.31. The first-order chi connectivity index (χ1) is 11.2. The average molecular weight is 332 g/mol. The summed E-state index contributed by atoms with van der Waals surface area (Å²) in [5.74, 6) is 1.05. The fraction of sp³-hybridized carbons (Fsp3) is 0.154. The first-order valence-electron chi connectivity index (χ1n) is 6.43. The maximum Gasteiger partial charge on any atom is 0.277 e. The first-order valence-corrected chi connectivity index (χ1v) is 7.31. The van der Waals surface area contributed by atoms with E-state index in [-0.39, 0.29) is 11.6 Å². The molecule has 3 aromatic rings. The molecular weight excluding hydrogens is 320 g/mol. The summed E-state index contributed by atoms with van der Waals surface area (Å²) in [6, 6.07) is 5.41. The Morgan fingerprint density at radius 3 is 2.57 bits per heavy atom. The van der Waals surface area contributed by atoms with Gasteiger partial charge in [0.2, 0.25) is 5.95 Å². The van der Waals surface area contributed by atoms with Crippen molar-refractivity contribution in [3.63, 3.8) is 0 Å². The van der Waals surface area contributed by atoms with Gasteiger partial charge in [-0.25, -0.2) is 10.1 Å². The van der Waals surface area contributed by atoms with Gasteiger partial charge in [-0.3, -0.25) is 10.1 Å². The lowest BCUT2D eigenvalue weighted by Crippen LogP contribution is -2.13. The second kappa shape index (κ2) is 6.40. The van der Waals surface area contributed by atoms with E-state index in [1.807, 2.05) is 12.1 Å². The zero-order chi connectivity index (χ0) is 16.2. The number of aromatic amines is 1. The second-order valence-corrected chi connectivity index (χ2v) is 5.20. The van der Waals surface area contributed by atoms with Crippen molar-refractivity contribution in [2.24, 2.45) is 0 Å². The van der Waals surface area contributed by atoms with Crippen molar-refractivity contribution in [2.45, 2.75) is 0 Å². The van der Waals surface area contributed by atoms with Crippen LogP contribution in [0.3, 0.4) is 0 Å². The summed E-state index contributed by atoms with van der Waals surface area (Å²) in [5, 5.41) is 17.6. The Hall–Kier alpha value is -3.01. The van der Waals surface area contributed by atoms with E-state index in [9.17, 15) is 4.79 Å². The number of nitrogens with zero attached hydrogens (tertiary/aromatic N) is 4. The van der Waals surface area contributed by atoms with Gasteiger partial charge in [0, 0.05) is 17.0 Å². The van der Waals surface area contributed by atoms with Gasteiger partial charge in [-0.05, 0) is 22.6 Å². The van der Waals surface area contributed by atoms with Gasteiger partial charge < -0.3 is 9.47 Å². The fourth-order valence-electron chi connectivity index (χ4n) is 1.83. The standard InChI is InChI=1S/C13H12N6O3S/c1-21-8-3-7(4-9(5-8)22-2)12-14-10(6-23-12)11(20)15-13-16-18-19-17-13/h3-6H,1-2H3,(H2,15,16,17,18,19,20). The maximum atomic E-state index is 12.1. The van der Waals surface area contributed by atoms with Crippen LogP contribution < -0.4 is 14.8 Å². The minimum atomic E-state index is -0.402. The zero-order valence-corrected chi connectivity index (χ0v) is 13.0. The molecule has 118 valence electrons. The number of carbonyl (C=O) groups is 1. The molecule has 10 heteroatoms. The largest absolute Gasteiger partial charge is 0.497 e. The SMILES string of the molecule is COc1cc(OC)cc(-c2nc(C(=O)Nc3nnn[nH]3)cs2)c1. The van der Waals surface area contributed by atoms with Crippen LogP contribution in [0.1, 0.15) is 10.5 Å². The lowest BCUT2D eigenvalue weighted by molar-refractivity contribution is 0.102. The van der Waals surface area contributed by atoms with Crippen molar-refractivity contribution in [1.29, 1.82) is 0 Å². The number of rotatable bonds is 5. The molecule has 2 N–H and O–H groups in total. The molecule has 2 aromatic heterocycles. The van der Waals surface area contributed by atoms with Crippen LogP contribution in [0, 0.1) is 0 Å². The summed E-state index contributed by atoms with van der Waals surface area (Å²) < 4.78 is 10.5. The lowest BCUT2D eigenvalue weighted by Gasteiger charge is -2.06. The molecule has 0 saturated carbocycles. The molecule has 1 amide bonds. The van der Waals surface area contributed by atoms with Gasteiger partial charge in [-0.15, -0.1) is 11.3 Å². The van der Waals surface area contributed by atoms with Gasteiger partial charge in [0.25, 0.3) is 5.91 Å². The Morgan fingerprint density at radius 1 is 1.22 bits per heavy atom. The van der Waals surface area contributed by atoms with Gasteiger partial charge in [0.1, 0.15) is 22.2 Å². The van der Waals surface area contributed by atoms with Gasteiger partial charge in [0.15, 0.2) is 0 Å². The summed E-state index contributed by atoms with van der Waals surface area (Å²) >= 11 is 1.34. The van der Waals surface area contributed by atoms with Crippen LogP contribution in [0.15, 0.2) is 23.6 Å². The summed E-state index contributed by atoms with van der Waals surface area (Å²) in [7, 11) is 3.15. The maximum absolute atomic E-state index is 12.1. The number of ether oxygens (including phenoxy) is 2. The monoisotopic (exact) mass is 332 g/mol. The Labute approximate surface area is 134 Å². The number of thiazole rings is 1. The minimum Gasteiger partial charge on any atom is -0.497 e. The average Bonchev–Trinajstić information content (AvgIpc) is 3.25. The number of anilines is 1. The van der Waals surface area contributed by atoms with E-state index in [4.69, 9.17) is 9.47 Å². The molecule has 0 spiro atoms. The molecule has 0 aliphatic heterocycles. The van der Waals surface area contributed by atoms with Crippen LogP contribution in [0.5, 0.6) is 11.5 Å². The molecule has 0 aliphatic rings. The van der Waals surface area contributed by atoms with Crippen molar-refractivity contribution in [3.8, 4) is 22.1 Å². The Morgan fingerprint density at radius 2 is 1.96 bits per heavy atom. The van der Waals surface area contributed by atoms with E-state index in [0.717, 1.165) is 5.56 Å². The summed E-state index contributed by atoms with van der Waals surface area (Å²) in [6.45, 7) is 0. The van der Waals surface area contributed by atoms with Crippen LogP contribution in [0.4, 0.5) is 5.95 Å². The Kier molecular flexibility index (Phi) is 4.15. The molecule has 0 unspecified atom stereocenters. The molecule has 2 heterocycles. The van der Waals surface area contributed by atoms with Gasteiger partial charge in [0.05, 0.1) is 14.2 Å². The topological polar surface area (TPSA) is 115 Å². The molecule has 0 radical (unpaired) electrons. The number of nitrogens with one attached hydrogen (secondary N) is 2. The highest BCUT2D eigenvalue weighted by Gasteiger charge is 2.14. The van der Waals surface area contributed by atoms with E-state index >= 15 is 0 Å². The van der Waals surface area contributed by atoms with Crippen LogP contribution >= 0.6 is 11.3 Å². The van der Waals surface area contributed by atoms with E-state index < -0.39 is 5.91 Å². The van der Waals surface area contributed by atoms with Crippen molar-refractivity contribution >= 4 is 23.2 Å². The van der Waals surface area contributed by atoms with Crippen molar-refractivity contribution in [2.75, 3.05) is 19.5 Å². The van der Waals surface area contributed by atoms with Crippen LogP contribution in [-0.4, -0.2) is 45.7 Å². The molecule has 0 fully saturated rings. The molecule has 0 atom stereocenters. The smallest absolute Gasteiger partial charge is 0.277 e. The molecular formula is C13H12N6O3S. The number of carbonyl (C=O) groups excluding carboxylic acids is 1. The highest BCUT2D eigenvalue weighted by atomic mass is 32.1. The number of hydrogen-bond acceptors (Lipinski definition) is 8. The number of aromatic nitrogens is 5. The number of amides is 1. The Balaban J connectivity index is 1.85. The number of hydrogen-bond donors (Lipinski definition) is 2. The number of benzene rings is 1. The number of methoxy groups -OCH3 is 2. The van der Waals surface area contributed by atoms with E-state index in [1.54, 1.807) is 25.7 Å². The molecule has 3 rings (SSSR count). The normalized spacial score (nSPS) is 10.3. The van der Waals surface area contributed by atoms with Gasteiger partial charge >= 0.3 is 0 Å². The second-order valence-electron chi connectivity index (χ2n) is 4.34. The fourth-order valence-corrected chi connectivity index (χ4v) is 2.61. The van der Waals surface area contributed by atoms with Gasteiger partial charge in [-0.1, -0.05) is 5.10 Å². The number of H-pyrrole nitrogens is 1. The van der Waals surface area contributed by atoms with Crippen molar-refractivity contribution < 1.29 is 14.3 Å². The molecule has 23 heavy (non-hydrogen) atoms. The lowest BCUT2D eigenvalue weighted by atomic mass is 10.2. The van der Waals surface area contributed by atoms with E-state index in [0.29, 0.717) is 16.5 Å². The van der Waals surface area contributed by atoms with Crippen LogP contribution in [0.2, 0.25) is 0 Å². The Bertz CT molecular complexity index is 795. The van der Waals surface area contributed by atoms with Crippen LogP contribution in [0.25, 0.3) is 10.6 Å². The predicted molar refractivity (Wildman–Crippen MR) is 82.8 cm³/mol. The molecule has 1 aromatic carbocycles. The summed E-state index contributed by atoms with van der Waals surface area (Å²) in [4.78, 5) is 16.4. The molecule has 9 nitrogen and oxygen atoms in total. The number of tetrazole rings is 1. The van der Waals surface area contributed by atoms with Crippen molar-refractivity contribution in [3.05, 3.63) is 29.3 Å². The molecule has 0 saturated heterocycles. The highest BCUT2D eigenvalue weighted by molar-refractivity contribution is 7.13. The molecule has 0 aliphatic carbocycles. The van der Waals surface area contributed by atoms with E-state index in [1.165, 1.54) is 11.3 Å². The summed E-state index contributed by atoms with van der Waals surface area (Å²) in [5.41, 5.74) is 1.06. The third-order valence-electron chi connectivity index (χ3n) is 2.91. The summed E-state index contributed by atoms with van der Waals surface area (Å²) in [6.07, 6.45) is 0. The van der Waals surface area contributed by atoms with Crippen molar-refractivity contribution in [1.82, 2.24) is 25.6 Å². The minimum absolute atomic E-state index is 0.160. The van der Waals surface area contributed by atoms with E-state index in [2.05, 4.69) is 30.9 Å². The zero-order valence-electron chi connectivity index (χ0n) is 12.2. The molecule has 0 bridgehead atoms. The van der Waals surface area contributed by atoms with Gasteiger partial charge in [-0.2, -0.15) is 0 Å². The third-order valence-corrected chi connectivity index (χ3v) is 3.80. The van der Waals surface area contributed by atoms with Crippen LogP contribution in [-0.2, 0) is 0 Å².